The molecule has 578 valence electrons. The number of esters is 4. The molecule has 0 aliphatic heterocycles. The summed E-state index contributed by atoms with van der Waals surface area (Å²) in [7, 11) is -9.93. The molecule has 19 heteroatoms. The second-order valence-corrected chi connectivity index (χ2v) is 31.9. The highest BCUT2D eigenvalue weighted by Gasteiger charge is 2.30. The van der Waals surface area contributed by atoms with E-state index in [0.29, 0.717) is 25.7 Å². The zero-order valence-electron chi connectivity index (χ0n) is 63.7. The van der Waals surface area contributed by atoms with Gasteiger partial charge in [0.25, 0.3) is 0 Å². The fraction of sp³-hybridized carbons (Fsp3) is 0.899. The van der Waals surface area contributed by atoms with Crippen molar-refractivity contribution in [1.29, 1.82) is 0 Å². The topological polar surface area (TPSA) is 237 Å². The summed E-state index contributed by atoms with van der Waals surface area (Å²) in [4.78, 5) is 72.9. The number of rotatable bonds is 75. The number of ether oxygens (including phenoxy) is 4. The number of phosphoric acid groups is 2. The Kier molecular flexibility index (Phi) is 67.2. The smallest absolute Gasteiger partial charge is 0.462 e. The quantitative estimate of drug-likeness (QED) is 0.0169. The van der Waals surface area contributed by atoms with Gasteiger partial charge in [-0.2, -0.15) is 0 Å². The predicted molar refractivity (Wildman–Crippen MR) is 400 cm³/mol. The van der Waals surface area contributed by atoms with Gasteiger partial charge in [-0.3, -0.25) is 37.3 Å². The zero-order valence-corrected chi connectivity index (χ0v) is 65.5. The van der Waals surface area contributed by atoms with Gasteiger partial charge in [-0.15, -0.1) is 0 Å². The summed E-state index contributed by atoms with van der Waals surface area (Å²) in [5.74, 6) is 0.136. The highest BCUT2D eigenvalue weighted by Crippen LogP contribution is 2.45. The zero-order chi connectivity index (χ0) is 72.3. The van der Waals surface area contributed by atoms with E-state index >= 15 is 0 Å². The van der Waals surface area contributed by atoms with E-state index in [1.165, 1.54) is 167 Å². The standard InChI is InChI=1S/C79H150O17P2/c1-8-10-11-12-13-14-15-16-21-25-28-33-38-46-53-60-76(81)89-66-74(95-78(83)62-55-48-39-34-29-26-23-20-18-17-19-22-24-27-31-36-43-50-57-70(3)4)68-93-97(85,86)91-64-73(80)65-92-98(87,88)94-69-75(67-90-77(82)61-54-47-42-41-45-52-59-72(7)9-2)96-79(84)63-56-49-40-35-30-32-37-44-51-58-71(5)6/h14-16,21,70-75,80H,8-13,17-20,22-69H2,1-7H3,(H,85,86)(H,87,88)/b15-14-,21-16-/t72?,73-,74-,75-/m1/s1. The number of carbonyl (C=O) groups excluding carboxylic acids is 4. The Bertz CT molecular complexity index is 2000. The van der Waals surface area contributed by atoms with Crippen LogP contribution >= 0.6 is 15.6 Å². The first-order valence-electron chi connectivity index (χ1n) is 40.2. The van der Waals surface area contributed by atoms with Crippen molar-refractivity contribution in [2.24, 2.45) is 17.8 Å². The Morgan fingerprint density at radius 1 is 0.337 bits per heavy atom. The van der Waals surface area contributed by atoms with Crippen LogP contribution in [-0.4, -0.2) is 96.7 Å². The summed E-state index contributed by atoms with van der Waals surface area (Å²) in [5.41, 5.74) is 0. The Hall–Kier alpha value is -2.46. The maximum atomic E-state index is 13.1. The Balaban J connectivity index is 5.25. The van der Waals surface area contributed by atoms with E-state index in [1.54, 1.807) is 0 Å². The molecule has 0 aromatic heterocycles. The van der Waals surface area contributed by atoms with E-state index in [9.17, 15) is 43.2 Å². The lowest BCUT2D eigenvalue weighted by atomic mass is 10.00. The third kappa shape index (κ3) is 70.6. The molecule has 3 unspecified atom stereocenters. The molecule has 6 atom stereocenters. The minimum atomic E-state index is -4.97. The fourth-order valence-corrected chi connectivity index (χ4v) is 13.1. The number of aliphatic hydroxyl groups excluding tert-OH is 1. The summed E-state index contributed by atoms with van der Waals surface area (Å²) in [6, 6.07) is 0. The number of phosphoric ester groups is 2. The summed E-state index contributed by atoms with van der Waals surface area (Å²) in [6.45, 7) is 11.8. The molecule has 3 N–H and O–H groups in total. The summed E-state index contributed by atoms with van der Waals surface area (Å²) >= 11 is 0. The average Bonchev–Trinajstić information content (AvgIpc) is 1.39. The van der Waals surface area contributed by atoms with Gasteiger partial charge in [0, 0.05) is 25.7 Å². The van der Waals surface area contributed by atoms with Crippen molar-refractivity contribution in [3.63, 3.8) is 0 Å². The van der Waals surface area contributed by atoms with Crippen LogP contribution in [0.2, 0.25) is 0 Å². The van der Waals surface area contributed by atoms with E-state index in [2.05, 4.69) is 72.8 Å². The van der Waals surface area contributed by atoms with Gasteiger partial charge in [-0.25, -0.2) is 9.13 Å². The molecule has 0 bridgehead atoms. The number of hydrogen-bond acceptors (Lipinski definition) is 15. The third-order valence-electron chi connectivity index (χ3n) is 18.1. The molecule has 0 saturated heterocycles. The first kappa shape index (κ1) is 95.5. The van der Waals surface area contributed by atoms with Crippen LogP contribution in [-0.2, 0) is 65.4 Å². The van der Waals surface area contributed by atoms with Gasteiger partial charge in [0.2, 0.25) is 0 Å². The molecule has 0 spiro atoms. The normalized spacial score (nSPS) is 14.4. The van der Waals surface area contributed by atoms with Crippen LogP contribution in [0.25, 0.3) is 0 Å². The number of unbranched alkanes of at least 4 members (excludes halogenated alkanes) is 39. The first-order chi connectivity index (χ1) is 47.3. The second kappa shape index (κ2) is 68.9. The van der Waals surface area contributed by atoms with E-state index in [1.807, 2.05) is 0 Å². The van der Waals surface area contributed by atoms with Gasteiger partial charge in [0.15, 0.2) is 12.2 Å². The third-order valence-corrected chi connectivity index (χ3v) is 20.0. The molecule has 0 fully saturated rings. The molecule has 0 rings (SSSR count). The van der Waals surface area contributed by atoms with Crippen LogP contribution in [0, 0.1) is 17.8 Å². The molecular weight excluding hydrogens is 1280 g/mol. The SMILES string of the molecule is CCCCCC/C=C\C=C/CCCCCCCC(=O)OC[C@H](COP(=O)(O)OC[C@@H](O)COP(=O)(O)OC[C@@H](COC(=O)CCCCCCCCC(C)CC)OC(=O)CCCCCCCCCCCC(C)C)OC(=O)CCCCCCCCCCCCCCCCCCCCC(C)C. The van der Waals surface area contributed by atoms with Crippen molar-refractivity contribution in [2.75, 3.05) is 39.6 Å². The molecule has 17 nitrogen and oxygen atoms in total. The van der Waals surface area contributed by atoms with Gasteiger partial charge in [0.05, 0.1) is 26.4 Å². The van der Waals surface area contributed by atoms with Gasteiger partial charge in [-0.05, 0) is 69.1 Å². The highest BCUT2D eigenvalue weighted by molar-refractivity contribution is 7.47. The molecule has 0 saturated carbocycles. The highest BCUT2D eigenvalue weighted by atomic mass is 31.2. The van der Waals surface area contributed by atoms with Gasteiger partial charge in [-0.1, -0.05) is 330 Å². The number of allylic oxidation sites excluding steroid dienone is 4. The monoisotopic (exact) mass is 1430 g/mol. The first-order valence-corrected chi connectivity index (χ1v) is 43.2. The Morgan fingerprint density at radius 2 is 0.602 bits per heavy atom. The van der Waals surface area contributed by atoms with Crippen molar-refractivity contribution < 1.29 is 80.2 Å². The van der Waals surface area contributed by atoms with Crippen molar-refractivity contribution >= 4 is 39.5 Å². The molecule has 0 aromatic carbocycles. The van der Waals surface area contributed by atoms with Crippen molar-refractivity contribution in [2.45, 2.75) is 401 Å². The number of hydrogen-bond donors (Lipinski definition) is 3. The molecule has 0 aliphatic rings. The van der Waals surface area contributed by atoms with Crippen molar-refractivity contribution in [3.05, 3.63) is 24.3 Å². The molecular formula is C79H150O17P2. The Morgan fingerprint density at radius 3 is 0.908 bits per heavy atom. The average molecular weight is 1430 g/mol. The van der Waals surface area contributed by atoms with Crippen LogP contribution in [0.1, 0.15) is 382 Å². The lowest BCUT2D eigenvalue weighted by Gasteiger charge is -2.21. The number of carbonyl (C=O) groups is 4. The van der Waals surface area contributed by atoms with Gasteiger partial charge >= 0.3 is 39.5 Å². The van der Waals surface area contributed by atoms with Crippen LogP contribution in [0.15, 0.2) is 24.3 Å². The van der Waals surface area contributed by atoms with E-state index in [4.69, 9.17) is 37.0 Å². The van der Waals surface area contributed by atoms with Crippen LogP contribution in [0.4, 0.5) is 0 Å². The summed E-state index contributed by atoms with van der Waals surface area (Å²) in [5, 5.41) is 10.6. The molecule has 98 heavy (non-hydrogen) atoms. The lowest BCUT2D eigenvalue weighted by Crippen LogP contribution is -2.30. The summed E-state index contributed by atoms with van der Waals surface area (Å²) < 4.78 is 68.5. The maximum Gasteiger partial charge on any atom is 0.472 e. The number of aliphatic hydroxyl groups is 1. The van der Waals surface area contributed by atoms with Gasteiger partial charge < -0.3 is 33.8 Å². The van der Waals surface area contributed by atoms with Crippen LogP contribution in [0.3, 0.4) is 0 Å². The molecule has 0 radical (unpaired) electrons. The molecule has 0 aliphatic carbocycles. The largest absolute Gasteiger partial charge is 0.472 e. The van der Waals surface area contributed by atoms with E-state index in [0.717, 1.165) is 133 Å². The van der Waals surface area contributed by atoms with Crippen molar-refractivity contribution in [3.8, 4) is 0 Å². The second-order valence-electron chi connectivity index (χ2n) is 29.0. The fourth-order valence-electron chi connectivity index (χ4n) is 11.6. The van der Waals surface area contributed by atoms with E-state index < -0.39 is 97.5 Å². The molecule has 0 amide bonds. The minimum absolute atomic E-state index is 0.101. The van der Waals surface area contributed by atoms with E-state index in [-0.39, 0.29) is 25.7 Å². The van der Waals surface area contributed by atoms with Gasteiger partial charge in [0.1, 0.15) is 19.3 Å². The van der Waals surface area contributed by atoms with Crippen LogP contribution < -0.4 is 0 Å². The van der Waals surface area contributed by atoms with Crippen LogP contribution in [0.5, 0.6) is 0 Å². The summed E-state index contributed by atoms with van der Waals surface area (Å²) in [6.07, 6.45) is 59.2. The molecule has 0 aromatic rings. The molecule has 0 heterocycles. The Labute approximate surface area is 599 Å². The van der Waals surface area contributed by atoms with Crippen molar-refractivity contribution in [1.82, 2.24) is 0 Å². The lowest BCUT2D eigenvalue weighted by molar-refractivity contribution is -0.161. The maximum absolute atomic E-state index is 13.1. The minimum Gasteiger partial charge on any atom is -0.462 e. The predicted octanol–water partition coefficient (Wildman–Crippen LogP) is 22.9.